The average Bonchev–Trinajstić information content (AvgIpc) is 2.88. The second-order valence-electron chi connectivity index (χ2n) is 5.74. The minimum Gasteiger partial charge on any atom is -0.375 e. The van der Waals surface area contributed by atoms with Gasteiger partial charge in [0.05, 0.1) is 18.8 Å². The molecule has 0 radical (unpaired) electrons. The molecular weight excluding hydrogens is 252 g/mol. The molecule has 4 heteroatoms. The fraction of sp³-hybridized carbons (Fsp3) is 0.562. The molecule has 0 spiro atoms. The monoisotopic (exact) mass is 276 g/mol. The Morgan fingerprint density at radius 3 is 2.65 bits per heavy atom. The maximum Gasteiger partial charge on any atom is 0.240 e. The summed E-state index contributed by atoms with van der Waals surface area (Å²) in [5.74, 6) is -0.0363. The van der Waals surface area contributed by atoms with E-state index >= 15 is 0 Å². The van der Waals surface area contributed by atoms with Gasteiger partial charge in [-0.15, -0.1) is 0 Å². The van der Waals surface area contributed by atoms with Crippen LogP contribution in [0.15, 0.2) is 30.3 Å². The van der Waals surface area contributed by atoms with Crippen LogP contribution in [0, 0.1) is 0 Å². The van der Waals surface area contributed by atoms with Crippen LogP contribution in [-0.2, 0) is 16.1 Å². The molecule has 1 amide bonds. The van der Waals surface area contributed by atoms with E-state index in [1.54, 1.807) is 0 Å². The van der Waals surface area contributed by atoms with Crippen molar-refractivity contribution in [3.8, 4) is 0 Å². The summed E-state index contributed by atoms with van der Waals surface area (Å²) in [4.78, 5) is 12.1. The maximum absolute atomic E-state index is 12.1. The normalized spacial score (nSPS) is 18.7. The summed E-state index contributed by atoms with van der Waals surface area (Å²) in [6.45, 7) is 3.01. The molecule has 0 saturated heterocycles. The number of amides is 1. The zero-order valence-electron chi connectivity index (χ0n) is 12.1. The van der Waals surface area contributed by atoms with Crippen molar-refractivity contribution in [3.63, 3.8) is 0 Å². The fourth-order valence-corrected chi connectivity index (χ4v) is 2.57. The van der Waals surface area contributed by atoms with Crippen LogP contribution in [0.1, 0.15) is 38.2 Å². The summed E-state index contributed by atoms with van der Waals surface area (Å²) in [7, 11) is 0. The summed E-state index contributed by atoms with van der Waals surface area (Å²) in [6.07, 6.45) is 3.67. The number of carbonyl (C=O) groups is 1. The van der Waals surface area contributed by atoms with Crippen LogP contribution in [-0.4, -0.2) is 24.1 Å². The van der Waals surface area contributed by atoms with Crippen LogP contribution in [0.4, 0.5) is 0 Å². The van der Waals surface area contributed by atoms with Crippen LogP contribution < -0.4 is 11.1 Å². The van der Waals surface area contributed by atoms with Crippen molar-refractivity contribution < 1.29 is 9.53 Å². The first kappa shape index (κ1) is 15.0. The van der Waals surface area contributed by atoms with Crippen LogP contribution in [0.2, 0.25) is 0 Å². The van der Waals surface area contributed by atoms with Gasteiger partial charge in [0.1, 0.15) is 0 Å². The molecule has 110 valence electrons. The zero-order valence-corrected chi connectivity index (χ0v) is 12.1. The average molecular weight is 276 g/mol. The summed E-state index contributed by atoms with van der Waals surface area (Å²) in [6, 6.07) is 9.99. The topological polar surface area (TPSA) is 64.3 Å². The lowest BCUT2D eigenvalue weighted by Crippen LogP contribution is -2.54. The number of nitrogens with two attached hydrogens (primary N) is 1. The van der Waals surface area contributed by atoms with Crippen LogP contribution >= 0.6 is 0 Å². The Kier molecular flexibility index (Phi) is 5.15. The Hall–Kier alpha value is -1.39. The number of carbonyl (C=O) groups excluding carboxylic acids is 1. The minimum absolute atomic E-state index is 0.0211. The van der Waals surface area contributed by atoms with Gasteiger partial charge in [-0.2, -0.15) is 0 Å². The minimum atomic E-state index is -0.659. The quantitative estimate of drug-likeness (QED) is 0.835. The Morgan fingerprint density at radius 1 is 1.35 bits per heavy atom. The molecular formula is C16H24N2O2. The van der Waals surface area contributed by atoms with Gasteiger partial charge in [0, 0.05) is 6.04 Å². The molecule has 1 aromatic carbocycles. The van der Waals surface area contributed by atoms with Gasteiger partial charge < -0.3 is 15.8 Å². The van der Waals surface area contributed by atoms with E-state index < -0.39 is 5.54 Å². The third-order valence-electron chi connectivity index (χ3n) is 3.80. The molecule has 1 aliphatic carbocycles. The van der Waals surface area contributed by atoms with Gasteiger partial charge in [-0.1, -0.05) is 43.2 Å². The van der Waals surface area contributed by atoms with Crippen molar-refractivity contribution >= 4 is 5.91 Å². The Morgan fingerprint density at radius 2 is 2.00 bits per heavy atom. The van der Waals surface area contributed by atoms with Gasteiger partial charge in [-0.05, 0) is 25.3 Å². The summed E-state index contributed by atoms with van der Waals surface area (Å²) < 4.78 is 5.62. The summed E-state index contributed by atoms with van der Waals surface area (Å²) in [5.41, 5.74) is 6.59. The molecule has 0 heterocycles. The molecule has 0 aliphatic heterocycles. The molecule has 2 rings (SSSR count). The van der Waals surface area contributed by atoms with Crippen molar-refractivity contribution in [2.75, 3.05) is 6.61 Å². The molecule has 1 fully saturated rings. The molecule has 1 atom stereocenters. The van der Waals surface area contributed by atoms with Crippen LogP contribution in [0.25, 0.3) is 0 Å². The standard InChI is InChI=1S/C16H24N2O2/c1-13(11-20-12-14-7-3-2-4-8-14)18-15(19)16(17)9-5-6-10-16/h2-4,7-8,13H,5-6,9-12,17H2,1H3,(H,18,19). The lowest BCUT2D eigenvalue weighted by molar-refractivity contribution is -0.127. The smallest absolute Gasteiger partial charge is 0.240 e. The first-order chi connectivity index (χ1) is 9.60. The van der Waals surface area contributed by atoms with Crippen molar-refractivity contribution in [2.24, 2.45) is 5.73 Å². The third-order valence-corrected chi connectivity index (χ3v) is 3.80. The van der Waals surface area contributed by atoms with Gasteiger partial charge in [0.2, 0.25) is 5.91 Å². The van der Waals surface area contributed by atoms with E-state index in [1.807, 2.05) is 37.3 Å². The molecule has 1 unspecified atom stereocenters. The van der Waals surface area contributed by atoms with E-state index in [0.29, 0.717) is 13.2 Å². The van der Waals surface area contributed by atoms with E-state index in [0.717, 1.165) is 31.2 Å². The second kappa shape index (κ2) is 6.86. The fourth-order valence-electron chi connectivity index (χ4n) is 2.57. The van der Waals surface area contributed by atoms with Crippen LogP contribution in [0.3, 0.4) is 0 Å². The molecule has 1 aromatic rings. The predicted octanol–water partition coefficient (Wildman–Crippen LogP) is 1.98. The van der Waals surface area contributed by atoms with Crippen molar-refractivity contribution in [1.82, 2.24) is 5.32 Å². The predicted molar refractivity (Wildman–Crippen MR) is 79.1 cm³/mol. The number of hydrogen-bond donors (Lipinski definition) is 2. The Bertz CT molecular complexity index is 427. The molecule has 3 N–H and O–H groups in total. The van der Waals surface area contributed by atoms with Gasteiger partial charge in [0.15, 0.2) is 0 Å². The van der Waals surface area contributed by atoms with Crippen molar-refractivity contribution in [1.29, 1.82) is 0 Å². The number of hydrogen-bond acceptors (Lipinski definition) is 3. The SMILES string of the molecule is CC(COCc1ccccc1)NC(=O)C1(N)CCCC1. The first-order valence-corrected chi connectivity index (χ1v) is 7.32. The maximum atomic E-state index is 12.1. The molecule has 20 heavy (non-hydrogen) atoms. The number of nitrogens with one attached hydrogen (secondary N) is 1. The van der Waals surface area contributed by atoms with Crippen molar-refractivity contribution in [3.05, 3.63) is 35.9 Å². The van der Waals surface area contributed by atoms with E-state index in [2.05, 4.69) is 5.32 Å². The van der Waals surface area contributed by atoms with E-state index in [-0.39, 0.29) is 11.9 Å². The molecule has 0 bridgehead atoms. The summed E-state index contributed by atoms with van der Waals surface area (Å²) in [5, 5.41) is 2.96. The van der Waals surface area contributed by atoms with Crippen molar-refractivity contribution in [2.45, 2.75) is 50.8 Å². The van der Waals surface area contributed by atoms with Gasteiger partial charge in [-0.3, -0.25) is 4.79 Å². The lowest BCUT2D eigenvalue weighted by Gasteiger charge is -2.25. The second-order valence-corrected chi connectivity index (χ2v) is 5.74. The summed E-state index contributed by atoms with van der Waals surface area (Å²) >= 11 is 0. The highest BCUT2D eigenvalue weighted by atomic mass is 16.5. The van der Waals surface area contributed by atoms with E-state index in [1.165, 1.54) is 0 Å². The molecule has 4 nitrogen and oxygen atoms in total. The highest BCUT2D eigenvalue weighted by molar-refractivity contribution is 5.86. The Labute approximate surface area is 120 Å². The zero-order chi connectivity index (χ0) is 14.4. The molecule has 0 aromatic heterocycles. The van der Waals surface area contributed by atoms with E-state index in [9.17, 15) is 4.79 Å². The van der Waals surface area contributed by atoms with Crippen LogP contribution in [0.5, 0.6) is 0 Å². The highest BCUT2D eigenvalue weighted by Crippen LogP contribution is 2.27. The Balaban J connectivity index is 1.70. The number of ether oxygens (including phenoxy) is 1. The highest BCUT2D eigenvalue weighted by Gasteiger charge is 2.37. The first-order valence-electron chi connectivity index (χ1n) is 7.32. The van der Waals surface area contributed by atoms with Gasteiger partial charge >= 0.3 is 0 Å². The van der Waals surface area contributed by atoms with E-state index in [4.69, 9.17) is 10.5 Å². The number of benzene rings is 1. The largest absolute Gasteiger partial charge is 0.375 e. The molecule has 1 saturated carbocycles. The van der Waals surface area contributed by atoms with Gasteiger partial charge in [0.25, 0.3) is 0 Å². The number of rotatable bonds is 6. The third kappa shape index (κ3) is 4.05. The molecule has 1 aliphatic rings. The lowest BCUT2D eigenvalue weighted by atomic mass is 9.98. The van der Waals surface area contributed by atoms with Gasteiger partial charge in [-0.25, -0.2) is 0 Å².